The van der Waals surface area contributed by atoms with Crippen molar-refractivity contribution in [2.24, 2.45) is 0 Å². The third-order valence-corrected chi connectivity index (χ3v) is 4.75. The van der Waals surface area contributed by atoms with Crippen molar-refractivity contribution in [1.29, 1.82) is 0 Å². The van der Waals surface area contributed by atoms with Crippen LogP contribution in [0.1, 0.15) is 5.56 Å². The Morgan fingerprint density at radius 2 is 1.52 bits per heavy atom. The number of methoxy groups -OCH3 is 3. The number of para-hydroxylation sites is 1. The number of nitrogens with zero attached hydrogens (tertiary/aromatic N) is 3. The summed E-state index contributed by atoms with van der Waals surface area (Å²) in [7, 11) is 4.71. The Morgan fingerprint density at radius 1 is 0.774 bits per heavy atom. The zero-order valence-corrected chi connectivity index (χ0v) is 17.8. The summed E-state index contributed by atoms with van der Waals surface area (Å²) in [6, 6.07) is 13.6. The predicted octanol–water partition coefficient (Wildman–Crippen LogP) is 4.85. The van der Waals surface area contributed by atoms with Crippen LogP contribution in [0.3, 0.4) is 0 Å². The van der Waals surface area contributed by atoms with E-state index in [1.54, 1.807) is 45.9 Å². The lowest BCUT2D eigenvalue weighted by molar-refractivity contribution is 0.324. The van der Waals surface area contributed by atoms with E-state index < -0.39 is 0 Å². The van der Waals surface area contributed by atoms with Crippen molar-refractivity contribution in [2.45, 2.75) is 6.92 Å². The molecule has 0 unspecified atom stereocenters. The maximum atomic E-state index is 5.41. The zero-order valence-electron chi connectivity index (χ0n) is 17.8. The molecule has 0 aliphatic heterocycles. The number of benzene rings is 2. The number of fused-ring (bicyclic) bond motifs is 1. The summed E-state index contributed by atoms with van der Waals surface area (Å²) in [4.78, 5) is 13.5. The Kier molecular flexibility index (Phi) is 5.70. The molecule has 0 saturated heterocycles. The minimum absolute atomic E-state index is 0.427. The van der Waals surface area contributed by atoms with Crippen LogP contribution in [-0.4, -0.2) is 36.3 Å². The van der Waals surface area contributed by atoms with Crippen LogP contribution in [0, 0.1) is 6.92 Å². The number of rotatable bonds is 7. The topological polar surface area (TPSA) is 90.4 Å². The monoisotopic (exact) mass is 417 g/mol. The molecule has 8 heteroatoms. The number of anilines is 4. The molecular formula is C23H23N5O3. The molecule has 0 fully saturated rings. The van der Waals surface area contributed by atoms with Gasteiger partial charge in [-0.25, -0.2) is 4.98 Å². The van der Waals surface area contributed by atoms with Crippen LogP contribution in [0.4, 0.5) is 23.1 Å². The fourth-order valence-corrected chi connectivity index (χ4v) is 3.19. The van der Waals surface area contributed by atoms with Crippen LogP contribution in [0.15, 0.2) is 54.9 Å². The zero-order chi connectivity index (χ0) is 21.8. The van der Waals surface area contributed by atoms with Gasteiger partial charge in [0.15, 0.2) is 11.5 Å². The molecule has 0 aliphatic rings. The lowest BCUT2D eigenvalue weighted by Gasteiger charge is -2.15. The number of aromatic nitrogens is 3. The van der Waals surface area contributed by atoms with Crippen molar-refractivity contribution in [3.8, 4) is 17.2 Å². The first-order valence-electron chi connectivity index (χ1n) is 9.63. The molecule has 2 aromatic heterocycles. The lowest BCUT2D eigenvalue weighted by Crippen LogP contribution is -2.04. The van der Waals surface area contributed by atoms with Gasteiger partial charge < -0.3 is 24.8 Å². The van der Waals surface area contributed by atoms with Crippen LogP contribution >= 0.6 is 0 Å². The third kappa shape index (κ3) is 4.28. The van der Waals surface area contributed by atoms with Gasteiger partial charge in [-0.2, -0.15) is 4.98 Å². The average Bonchev–Trinajstić information content (AvgIpc) is 2.80. The van der Waals surface area contributed by atoms with Gasteiger partial charge in [-0.05, 0) is 19.1 Å². The minimum atomic E-state index is 0.427. The second kappa shape index (κ2) is 8.74. The average molecular weight is 417 g/mol. The first-order chi connectivity index (χ1) is 15.1. The fourth-order valence-electron chi connectivity index (χ4n) is 3.19. The molecule has 0 saturated carbocycles. The van der Waals surface area contributed by atoms with Gasteiger partial charge >= 0.3 is 0 Å². The molecule has 31 heavy (non-hydrogen) atoms. The maximum absolute atomic E-state index is 5.41. The number of ether oxygens (including phenoxy) is 3. The molecule has 8 nitrogen and oxygen atoms in total. The van der Waals surface area contributed by atoms with E-state index in [0.717, 1.165) is 22.2 Å². The van der Waals surface area contributed by atoms with Gasteiger partial charge in [0.05, 0.1) is 38.7 Å². The molecular weight excluding hydrogens is 394 g/mol. The number of aryl methyl sites for hydroxylation is 1. The van der Waals surface area contributed by atoms with Gasteiger partial charge in [0, 0.05) is 35.0 Å². The van der Waals surface area contributed by atoms with Crippen LogP contribution < -0.4 is 24.8 Å². The summed E-state index contributed by atoms with van der Waals surface area (Å²) in [6.07, 6.45) is 3.54. The van der Waals surface area contributed by atoms with Crippen LogP contribution in [0.25, 0.3) is 10.9 Å². The largest absolute Gasteiger partial charge is 0.493 e. The van der Waals surface area contributed by atoms with Crippen LogP contribution in [-0.2, 0) is 0 Å². The van der Waals surface area contributed by atoms with E-state index >= 15 is 0 Å². The normalized spacial score (nSPS) is 10.6. The number of pyridine rings is 1. The van der Waals surface area contributed by atoms with Crippen molar-refractivity contribution in [1.82, 2.24) is 15.0 Å². The Labute approximate surface area is 180 Å². The smallest absolute Gasteiger partial charge is 0.229 e. The maximum Gasteiger partial charge on any atom is 0.229 e. The van der Waals surface area contributed by atoms with E-state index in [-0.39, 0.29) is 0 Å². The Hall–Kier alpha value is -4.07. The summed E-state index contributed by atoms with van der Waals surface area (Å²) < 4.78 is 16.2. The molecule has 158 valence electrons. The molecule has 0 atom stereocenters. The number of nitrogens with one attached hydrogen (secondary N) is 2. The van der Waals surface area contributed by atoms with Gasteiger partial charge in [0.2, 0.25) is 11.7 Å². The Morgan fingerprint density at radius 3 is 2.23 bits per heavy atom. The highest BCUT2D eigenvalue weighted by Gasteiger charge is 2.14. The van der Waals surface area contributed by atoms with E-state index in [4.69, 9.17) is 14.2 Å². The molecule has 0 bridgehead atoms. The summed E-state index contributed by atoms with van der Waals surface area (Å²) in [6.45, 7) is 1.94. The first kappa shape index (κ1) is 20.2. The van der Waals surface area contributed by atoms with Gasteiger partial charge in [-0.3, -0.25) is 4.98 Å². The van der Waals surface area contributed by atoms with Gasteiger partial charge in [-0.15, -0.1) is 0 Å². The van der Waals surface area contributed by atoms with Crippen molar-refractivity contribution >= 4 is 34.0 Å². The van der Waals surface area contributed by atoms with Gasteiger partial charge in [0.1, 0.15) is 5.82 Å². The highest BCUT2D eigenvalue weighted by Crippen LogP contribution is 2.40. The van der Waals surface area contributed by atoms with Crippen molar-refractivity contribution in [3.05, 3.63) is 60.4 Å². The Bertz CT molecular complexity index is 1200. The molecule has 0 spiro atoms. The van der Waals surface area contributed by atoms with Gasteiger partial charge in [-0.1, -0.05) is 18.2 Å². The van der Waals surface area contributed by atoms with Gasteiger partial charge in [0.25, 0.3) is 0 Å². The Balaban J connectivity index is 1.62. The molecule has 2 aromatic carbocycles. The highest BCUT2D eigenvalue weighted by atomic mass is 16.5. The molecule has 2 heterocycles. The fraction of sp³-hybridized carbons (Fsp3) is 0.174. The van der Waals surface area contributed by atoms with Crippen molar-refractivity contribution in [3.63, 3.8) is 0 Å². The predicted molar refractivity (Wildman–Crippen MR) is 121 cm³/mol. The summed E-state index contributed by atoms with van der Waals surface area (Å²) in [5, 5.41) is 7.58. The quantitative estimate of drug-likeness (QED) is 0.441. The highest BCUT2D eigenvalue weighted by molar-refractivity contribution is 5.82. The van der Waals surface area contributed by atoms with E-state index in [0.29, 0.717) is 34.7 Å². The summed E-state index contributed by atoms with van der Waals surface area (Å²) >= 11 is 0. The molecule has 2 N–H and O–H groups in total. The molecule has 0 radical (unpaired) electrons. The number of hydrogen-bond donors (Lipinski definition) is 2. The van der Waals surface area contributed by atoms with Crippen molar-refractivity contribution in [2.75, 3.05) is 32.0 Å². The van der Waals surface area contributed by atoms with E-state index in [9.17, 15) is 0 Å². The van der Waals surface area contributed by atoms with E-state index in [1.807, 2.05) is 37.3 Å². The lowest BCUT2D eigenvalue weighted by atomic mass is 10.2. The second-order valence-corrected chi connectivity index (χ2v) is 6.81. The van der Waals surface area contributed by atoms with Crippen molar-refractivity contribution < 1.29 is 14.2 Å². The summed E-state index contributed by atoms with van der Waals surface area (Å²) in [5.74, 6) is 2.71. The molecule has 4 aromatic rings. The molecule has 0 amide bonds. The van der Waals surface area contributed by atoms with E-state index in [2.05, 4.69) is 25.6 Å². The molecule has 4 rings (SSSR count). The minimum Gasteiger partial charge on any atom is -0.493 e. The molecule has 0 aliphatic carbocycles. The number of hydrogen-bond acceptors (Lipinski definition) is 8. The van der Waals surface area contributed by atoms with E-state index in [1.165, 1.54) is 0 Å². The standard InChI is InChI=1S/C23H23N5O3/c1-14-12-25-23(27-16-10-19(29-2)21(31-4)20(11-16)30-3)28-22(14)26-17-9-15-7-5-6-8-18(15)24-13-17/h5-13H,1-4H3,(H2,25,26,27,28). The second-order valence-electron chi connectivity index (χ2n) is 6.81. The van der Waals surface area contributed by atoms with Crippen LogP contribution in [0.2, 0.25) is 0 Å². The first-order valence-corrected chi connectivity index (χ1v) is 9.63. The SMILES string of the molecule is COc1cc(Nc2ncc(C)c(Nc3cnc4ccccc4c3)n2)cc(OC)c1OC. The summed E-state index contributed by atoms with van der Waals surface area (Å²) in [5.41, 5.74) is 3.40. The van der Waals surface area contributed by atoms with Crippen LogP contribution in [0.5, 0.6) is 17.2 Å². The third-order valence-electron chi connectivity index (χ3n) is 4.75.